The van der Waals surface area contributed by atoms with Gasteiger partial charge in [-0.3, -0.25) is 9.12 Å². The number of para-hydroxylation sites is 1. The molecule has 178 valence electrons. The highest BCUT2D eigenvalue weighted by Crippen LogP contribution is 2.50. The Labute approximate surface area is 200 Å². The molecule has 10 nitrogen and oxygen atoms in total. The van der Waals surface area contributed by atoms with Gasteiger partial charge >= 0.3 is 0 Å². The summed E-state index contributed by atoms with van der Waals surface area (Å²) in [6.45, 7) is 0. The quantitative estimate of drug-likeness (QED) is 0.138. The molecule has 0 saturated carbocycles. The van der Waals surface area contributed by atoms with E-state index in [1.54, 1.807) is 42.3 Å². The molecule has 4 aromatic carbocycles. The number of phenolic OH excluding ortho intramolecular Hbond substituents is 1. The summed E-state index contributed by atoms with van der Waals surface area (Å²) in [4.78, 5) is 12.1. The molecule has 5 N–H and O–H groups in total. The Balaban J connectivity index is 1.65. The van der Waals surface area contributed by atoms with Crippen LogP contribution in [0.4, 0.5) is 28.4 Å². The summed E-state index contributed by atoms with van der Waals surface area (Å²) in [6, 6.07) is 16.9. The minimum atomic E-state index is -4.77. The van der Waals surface area contributed by atoms with Crippen LogP contribution in [-0.4, -0.2) is 30.0 Å². The van der Waals surface area contributed by atoms with E-state index in [4.69, 9.17) is 5.73 Å². The predicted molar refractivity (Wildman–Crippen MR) is 134 cm³/mol. The molecule has 1 aliphatic rings. The Morgan fingerprint density at radius 3 is 2.40 bits per heavy atom. The summed E-state index contributed by atoms with van der Waals surface area (Å²) in [7, 11) is -6.95. The van der Waals surface area contributed by atoms with Crippen LogP contribution in [0.2, 0.25) is 0 Å². The zero-order chi connectivity index (χ0) is 25.1. The molecule has 0 amide bonds. The Kier molecular flexibility index (Phi) is 5.19. The summed E-state index contributed by atoms with van der Waals surface area (Å²) in [6.07, 6.45) is 0. The van der Waals surface area contributed by atoms with Crippen molar-refractivity contribution in [2.24, 2.45) is 10.2 Å². The number of hydrogen-bond donors (Lipinski definition) is 4. The summed E-state index contributed by atoms with van der Waals surface area (Å²) < 4.78 is 47.1. The molecule has 35 heavy (non-hydrogen) atoms. The van der Waals surface area contributed by atoms with E-state index < -0.39 is 33.8 Å². The molecule has 0 aromatic heterocycles. The summed E-state index contributed by atoms with van der Waals surface area (Å²) >= 11 is 0. The highest BCUT2D eigenvalue weighted by atomic mass is 32.2. The van der Waals surface area contributed by atoms with Crippen LogP contribution >= 0.6 is 7.37 Å². The fraction of sp³-hybridized carbons (Fsp3) is 0.0435. The molecule has 1 aliphatic heterocycles. The van der Waals surface area contributed by atoms with Gasteiger partial charge in [0.1, 0.15) is 10.6 Å². The number of hydrogen-bond acceptors (Lipinski definition) is 8. The van der Waals surface area contributed by atoms with E-state index in [1.165, 1.54) is 30.3 Å². The SMILES string of the molecule is CN1c2ccccc2P(=O)(O)c2cc(N=Nc3c(S(=O)(=O)O)cc4ccc(N)cc4c3O)ccc21. The van der Waals surface area contributed by atoms with Gasteiger partial charge in [-0.25, -0.2) is 0 Å². The van der Waals surface area contributed by atoms with Crippen molar-refractivity contribution in [3.8, 4) is 5.75 Å². The molecule has 0 aliphatic carbocycles. The lowest BCUT2D eigenvalue weighted by Gasteiger charge is -2.32. The summed E-state index contributed by atoms with van der Waals surface area (Å²) in [5.41, 5.74) is 6.88. The van der Waals surface area contributed by atoms with E-state index in [9.17, 15) is 27.5 Å². The third-order valence-electron chi connectivity index (χ3n) is 5.84. The number of benzene rings is 4. The van der Waals surface area contributed by atoms with E-state index in [1.807, 2.05) is 0 Å². The van der Waals surface area contributed by atoms with E-state index in [0.717, 1.165) is 6.07 Å². The number of nitrogens with two attached hydrogens (primary N) is 1. The normalized spacial score (nSPS) is 17.5. The van der Waals surface area contributed by atoms with E-state index in [0.29, 0.717) is 22.4 Å². The van der Waals surface area contributed by atoms with E-state index in [-0.39, 0.29) is 21.7 Å². The smallest absolute Gasteiger partial charge is 0.296 e. The fourth-order valence-corrected chi connectivity index (χ4v) is 6.71. The van der Waals surface area contributed by atoms with Gasteiger partial charge in [0.2, 0.25) is 0 Å². The highest BCUT2D eigenvalue weighted by molar-refractivity contribution is 7.86. The number of phenols is 1. The van der Waals surface area contributed by atoms with Crippen molar-refractivity contribution in [2.75, 3.05) is 17.7 Å². The summed E-state index contributed by atoms with van der Waals surface area (Å²) in [5.74, 6) is -0.536. The number of azo groups is 1. The predicted octanol–water partition coefficient (Wildman–Crippen LogP) is 4.09. The van der Waals surface area contributed by atoms with Gasteiger partial charge in [0.05, 0.1) is 27.7 Å². The molecular formula is C23H19N4O6PS. The largest absolute Gasteiger partial charge is 0.505 e. The van der Waals surface area contributed by atoms with Gasteiger partial charge in [-0.05, 0) is 53.9 Å². The first-order valence-electron chi connectivity index (χ1n) is 10.2. The first-order chi connectivity index (χ1) is 16.5. The lowest BCUT2D eigenvalue weighted by atomic mass is 10.1. The third-order valence-corrected chi connectivity index (χ3v) is 8.75. The lowest BCUT2D eigenvalue weighted by molar-refractivity contribution is 0.472. The van der Waals surface area contributed by atoms with Crippen molar-refractivity contribution < 1.29 is 27.5 Å². The second-order valence-electron chi connectivity index (χ2n) is 8.02. The molecule has 0 radical (unpaired) electrons. The van der Waals surface area contributed by atoms with Crippen molar-refractivity contribution in [3.05, 3.63) is 66.7 Å². The first kappa shape index (κ1) is 23.0. The van der Waals surface area contributed by atoms with Gasteiger partial charge in [0, 0.05) is 18.1 Å². The van der Waals surface area contributed by atoms with Crippen LogP contribution in [0.3, 0.4) is 0 Å². The molecule has 5 rings (SSSR count). The molecule has 0 spiro atoms. The number of anilines is 3. The number of aromatic hydroxyl groups is 1. The van der Waals surface area contributed by atoms with Crippen LogP contribution in [-0.2, 0) is 14.7 Å². The average Bonchev–Trinajstić information content (AvgIpc) is 2.82. The van der Waals surface area contributed by atoms with Gasteiger partial charge in [-0.2, -0.15) is 13.5 Å². The maximum Gasteiger partial charge on any atom is 0.296 e. The Bertz CT molecular complexity index is 1720. The number of rotatable bonds is 3. The Hall–Kier alpha value is -3.76. The minimum Gasteiger partial charge on any atom is -0.505 e. The molecule has 4 aromatic rings. The third kappa shape index (κ3) is 3.75. The van der Waals surface area contributed by atoms with Gasteiger partial charge < -0.3 is 20.6 Å². The highest BCUT2D eigenvalue weighted by Gasteiger charge is 2.36. The fourth-order valence-electron chi connectivity index (χ4n) is 4.12. The van der Waals surface area contributed by atoms with Crippen LogP contribution in [0, 0.1) is 0 Å². The second kappa shape index (κ2) is 7.89. The molecular weight excluding hydrogens is 491 g/mol. The maximum absolute atomic E-state index is 13.4. The van der Waals surface area contributed by atoms with Crippen molar-refractivity contribution in [1.29, 1.82) is 0 Å². The second-order valence-corrected chi connectivity index (χ2v) is 11.5. The molecule has 0 bridgehead atoms. The van der Waals surface area contributed by atoms with Crippen LogP contribution in [0.5, 0.6) is 5.75 Å². The average molecular weight is 510 g/mol. The van der Waals surface area contributed by atoms with Gasteiger partial charge in [-0.1, -0.05) is 18.2 Å². The monoisotopic (exact) mass is 510 g/mol. The number of fused-ring (bicyclic) bond motifs is 3. The standard InChI is InChI=1S/C23H19N4O6PS/c1-27-17-4-2-3-5-19(17)34(29,30)20-12-15(8-9-18(20)27)25-26-22-21(35(31,32)33)10-13-6-7-14(24)11-16(13)23(22)28/h2-12,28H,24H2,1H3,(H,29,30)(H,31,32,33). The lowest BCUT2D eigenvalue weighted by Crippen LogP contribution is -2.32. The molecule has 1 atom stereocenters. The van der Waals surface area contributed by atoms with E-state index >= 15 is 0 Å². The van der Waals surface area contributed by atoms with Crippen molar-refractivity contribution in [1.82, 2.24) is 0 Å². The summed E-state index contributed by atoms with van der Waals surface area (Å²) in [5, 5.41) is 19.6. The zero-order valence-electron chi connectivity index (χ0n) is 18.2. The minimum absolute atomic E-state index is 0.138. The van der Waals surface area contributed by atoms with Gasteiger partial charge in [0.25, 0.3) is 17.5 Å². The van der Waals surface area contributed by atoms with Gasteiger partial charge in [0.15, 0.2) is 5.75 Å². The zero-order valence-corrected chi connectivity index (χ0v) is 19.9. The molecule has 1 heterocycles. The van der Waals surface area contributed by atoms with Crippen LogP contribution in [0.15, 0.2) is 81.9 Å². The molecule has 0 saturated heterocycles. The van der Waals surface area contributed by atoms with Crippen molar-refractivity contribution >= 4 is 67.3 Å². The Morgan fingerprint density at radius 2 is 1.66 bits per heavy atom. The number of nitrogen functional groups attached to an aromatic ring is 1. The van der Waals surface area contributed by atoms with E-state index in [2.05, 4.69) is 10.2 Å². The maximum atomic E-state index is 13.4. The topological polar surface area (TPSA) is 166 Å². The van der Waals surface area contributed by atoms with Crippen LogP contribution < -0.4 is 21.2 Å². The van der Waals surface area contributed by atoms with Crippen molar-refractivity contribution in [2.45, 2.75) is 4.90 Å². The van der Waals surface area contributed by atoms with Crippen molar-refractivity contribution in [3.63, 3.8) is 0 Å². The Morgan fingerprint density at radius 1 is 0.943 bits per heavy atom. The molecule has 12 heteroatoms. The first-order valence-corrected chi connectivity index (χ1v) is 13.3. The molecule has 0 fully saturated rings. The van der Waals surface area contributed by atoms with Crippen LogP contribution in [0.1, 0.15) is 0 Å². The van der Waals surface area contributed by atoms with Gasteiger partial charge in [-0.15, -0.1) is 5.11 Å². The van der Waals surface area contributed by atoms with Crippen LogP contribution in [0.25, 0.3) is 10.8 Å². The molecule has 1 unspecified atom stereocenters. The number of nitrogens with zero attached hydrogens (tertiary/aromatic N) is 3.